The van der Waals surface area contributed by atoms with Crippen LogP contribution in [0.4, 0.5) is 0 Å². The number of rotatable bonds is 12. The molecule has 2 aliphatic heterocycles. The highest BCUT2D eigenvalue weighted by molar-refractivity contribution is 5.93. The first-order chi connectivity index (χ1) is 58.4. The summed E-state index contributed by atoms with van der Waals surface area (Å²) >= 11 is 0. The fourth-order valence-electron chi connectivity index (χ4n) is 18.6. The molecule has 17 aromatic carbocycles. The van der Waals surface area contributed by atoms with Crippen molar-refractivity contribution in [3.63, 3.8) is 0 Å². The fourth-order valence-corrected chi connectivity index (χ4v) is 18.6. The molecule has 0 unspecified atom stereocenters. The smallest absolute Gasteiger partial charge is 0.164 e. The molecule has 0 N–H and O–H groups in total. The lowest BCUT2D eigenvalue weighted by molar-refractivity contribution is 0.436. The Balaban J connectivity index is 0.575. The molecule has 8 heteroatoms. The first-order valence-corrected chi connectivity index (χ1v) is 40.0. The normalized spacial score (nSPS) is 13.0. The van der Waals surface area contributed by atoms with E-state index in [1.165, 1.54) is 44.5 Å². The minimum absolute atomic E-state index is 0.575. The summed E-state index contributed by atoms with van der Waals surface area (Å²) in [4.78, 5) is 31.2. The molecule has 8 nitrogen and oxygen atoms in total. The quantitative estimate of drug-likeness (QED) is 0.119. The van der Waals surface area contributed by atoms with Crippen molar-refractivity contribution in [2.75, 3.05) is 0 Å². The minimum atomic E-state index is -0.736. The van der Waals surface area contributed by atoms with Crippen LogP contribution in [-0.2, 0) is 10.8 Å². The number of nitrogens with zero attached hydrogens (tertiary/aromatic N) is 6. The molecule has 0 saturated carbocycles. The van der Waals surface area contributed by atoms with Crippen LogP contribution < -0.4 is 9.47 Å². The van der Waals surface area contributed by atoms with E-state index in [9.17, 15) is 0 Å². The molecular formula is C110H68N6O2. The molecular weight excluding hydrogens is 1440 g/mol. The van der Waals surface area contributed by atoms with Crippen LogP contribution in [0.15, 0.2) is 413 Å². The van der Waals surface area contributed by atoms with Crippen LogP contribution in [0.5, 0.6) is 23.0 Å². The fraction of sp³-hybridized carbons (Fsp3) is 0.0182. The predicted octanol–water partition coefficient (Wildman–Crippen LogP) is 27.0. The van der Waals surface area contributed by atoms with Gasteiger partial charge in [-0.15, -0.1) is 0 Å². The zero-order chi connectivity index (χ0) is 77.8. The van der Waals surface area contributed by atoms with Gasteiger partial charge in [0, 0.05) is 55.6 Å². The lowest BCUT2D eigenvalue weighted by Crippen LogP contribution is -2.32. The van der Waals surface area contributed by atoms with Gasteiger partial charge in [0.05, 0.1) is 10.8 Å². The number of ether oxygens (including phenoxy) is 2. The molecule has 19 aromatic rings. The third kappa shape index (κ3) is 11.1. The Hall–Kier alpha value is -15.6. The van der Waals surface area contributed by atoms with E-state index in [-0.39, 0.29) is 0 Å². The van der Waals surface area contributed by atoms with Gasteiger partial charge in [-0.3, -0.25) is 0 Å². The second-order valence-corrected chi connectivity index (χ2v) is 30.7. The van der Waals surface area contributed by atoms with Crippen molar-refractivity contribution in [2.45, 2.75) is 10.8 Å². The molecule has 550 valence electrons. The largest absolute Gasteiger partial charge is 0.457 e. The van der Waals surface area contributed by atoms with E-state index in [0.717, 1.165) is 145 Å². The standard InChI is InChI=1S/C110H68N6O2/c1-4-22-69(23-5-1)71-42-50-76(51-43-71)104-112-105(114-106(113-104)78-54-46-73(47-55-78)83-58-61-100-96(66-83)109(95-40-18-19-41-99(95)117-100)91-36-14-10-32-87(91)88-33-11-15-37-92(88)109)77-52-44-72(45-53-77)80-28-20-30-82(64-80)85-60-63-102-98(68-85)110(93-38-16-12-34-89(93)90-35-13-17-39-94(90)110)97-67-84(59-62-101(97)118-102)74-48-56-79(57-49-74)107-111-103(75-26-8-3-9-27-75)115-108(116-107)86-31-21-29-81(65-86)70-24-6-2-7-25-70/h1-68H. The molecule has 0 saturated heterocycles. The van der Waals surface area contributed by atoms with Crippen molar-refractivity contribution in [3.05, 3.63) is 457 Å². The molecule has 2 aliphatic carbocycles. The van der Waals surface area contributed by atoms with E-state index in [0.29, 0.717) is 34.9 Å². The summed E-state index contributed by atoms with van der Waals surface area (Å²) in [5.74, 6) is 6.91. The lowest BCUT2D eigenvalue weighted by Gasteiger charge is -2.40. The Morgan fingerprint density at radius 1 is 0.136 bits per heavy atom. The summed E-state index contributed by atoms with van der Waals surface area (Å²) in [7, 11) is 0. The maximum Gasteiger partial charge on any atom is 0.164 e. The zero-order valence-electron chi connectivity index (χ0n) is 63.8. The molecule has 118 heavy (non-hydrogen) atoms. The monoisotopic (exact) mass is 1500 g/mol. The number of fused-ring (bicyclic) bond motifs is 18. The molecule has 0 atom stereocenters. The van der Waals surface area contributed by atoms with E-state index in [4.69, 9.17) is 39.4 Å². The average molecular weight is 1510 g/mol. The van der Waals surface area contributed by atoms with Crippen molar-refractivity contribution in [1.29, 1.82) is 0 Å². The summed E-state index contributed by atoms with van der Waals surface area (Å²) in [5, 5.41) is 0. The second-order valence-electron chi connectivity index (χ2n) is 30.7. The molecule has 0 amide bonds. The molecule has 4 aliphatic rings. The highest BCUT2D eigenvalue weighted by Crippen LogP contribution is 2.65. The molecule has 0 fully saturated rings. The summed E-state index contributed by atoms with van der Waals surface area (Å²) in [6.45, 7) is 0. The Morgan fingerprint density at radius 3 is 0.712 bits per heavy atom. The number of para-hydroxylation sites is 1. The molecule has 23 rings (SSSR count). The van der Waals surface area contributed by atoms with Crippen molar-refractivity contribution >= 4 is 0 Å². The molecule has 2 aromatic heterocycles. The van der Waals surface area contributed by atoms with Crippen LogP contribution in [-0.4, -0.2) is 29.9 Å². The third-order valence-electron chi connectivity index (χ3n) is 24.2. The molecule has 0 radical (unpaired) electrons. The van der Waals surface area contributed by atoms with Gasteiger partial charge in [0.25, 0.3) is 0 Å². The Labute approximate surface area is 683 Å². The van der Waals surface area contributed by atoms with Crippen molar-refractivity contribution in [3.8, 4) is 180 Å². The highest BCUT2D eigenvalue weighted by atomic mass is 16.5. The van der Waals surface area contributed by atoms with Crippen molar-refractivity contribution in [1.82, 2.24) is 29.9 Å². The van der Waals surface area contributed by atoms with Gasteiger partial charge in [0.15, 0.2) is 34.9 Å². The SMILES string of the molecule is c1ccc(-c2ccc(-c3nc(-c4ccc(-c5cccc(-c6ccc7c(c6)C6(c8cc(-c9ccc(-c%10nc(-c%11ccccc%11)nc(-c%11cccc(-c%12ccccc%12)c%11)n%10)cc9)ccc8O7)c7ccccc7-c7ccccc76)c5)cc4)nc(-c4ccc(-c5ccc6c(c5)C5(c7ccccc7O6)c6ccccc6-c6ccccc65)cc4)n3)cc2)cc1. The number of hydrogen-bond acceptors (Lipinski definition) is 8. The number of aromatic nitrogens is 6. The third-order valence-corrected chi connectivity index (χ3v) is 24.2. The average Bonchev–Trinajstić information content (AvgIpc) is 1.50. The van der Waals surface area contributed by atoms with Gasteiger partial charge < -0.3 is 9.47 Å². The van der Waals surface area contributed by atoms with E-state index < -0.39 is 10.8 Å². The summed E-state index contributed by atoms with van der Waals surface area (Å²) < 4.78 is 13.9. The lowest BCUT2D eigenvalue weighted by atomic mass is 9.65. The first kappa shape index (κ1) is 68.0. The molecule has 2 spiro atoms. The molecule has 0 bridgehead atoms. The van der Waals surface area contributed by atoms with Gasteiger partial charge in [-0.1, -0.05) is 358 Å². The van der Waals surface area contributed by atoms with Crippen LogP contribution in [0.3, 0.4) is 0 Å². The summed E-state index contributed by atoms with van der Waals surface area (Å²) in [6.07, 6.45) is 0. The Morgan fingerprint density at radius 2 is 0.339 bits per heavy atom. The van der Waals surface area contributed by atoms with Gasteiger partial charge in [0.1, 0.15) is 23.0 Å². The van der Waals surface area contributed by atoms with Crippen LogP contribution >= 0.6 is 0 Å². The Bertz CT molecular complexity index is 7120. The van der Waals surface area contributed by atoms with Crippen molar-refractivity contribution in [2.24, 2.45) is 0 Å². The van der Waals surface area contributed by atoms with Crippen LogP contribution in [0.25, 0.3) is 157 Å². The Kier molecular flexibility index (Phi) is 15.9. The summed E-state index contributed by atoms with van der Waals surface area (Å²) in [6, 6.07) is 147. The van der Waals surface area contributed by atoms with Gasteiger partial charge in [-0.05, 0) is 166 Å². The van der Waals surface area contributed by atoms with Crippen LogP contribution in [0, 0.1) is 0 Å². The van der Waals surface area contributed by atoms with Crippen LogP contribution in [0.1, 0.15) is 44.5 Å². The maximum atomic E-state index is 7.14. The van der Waals surface area contributed by atoms with Gasteiger partial charge in [-0.25, -0.2) is 29.9 Å². The van der Waals surface area contributed by atoms with Crippen LogP contribution in [0.2, 0.25) is 0 Å². The van der Waals surface area contributed by atoms with E-state index >= 15 is 0 Å². The first-order valence-electron chi connectivity index (χ1n) is 40.0. The van der Waals surface area contributed by atoms with Gasteiger partial charge in [-0.2, -0.15) is 0 Å². The maximum absolute atomic E-state index is 7.14. The zero-order valence-corrected chi connectivity index (χ0v) is 63.8. The van der Waals surface area contributed by atoms with Gasteiger partial charge >= 0.3 is 0 Å². The van der Waals surface area contributed by atoms with E-state index in [2.05, 4.69) is 370 Å². The number of hydrogen-bond donors (Lipinski definition) is 0. The minimum Gasteiger partial charge on any atom is -0.457 e. The van der Waals surface area contributed by atoms with E-state index in [1.807, 2.05) is 42.5 Å². The van der Waals surface area contributed by atoms with Gasteiger partial charge in [0.2, 0.25) is 0 Å². The predicted molar refractivity (Wildman–Crippen MR) is 473 cm³/mol. The highest BCUT2D eigenvalue weighted by Gasteiger charge is 2.53. The number of benzene rings is 17. The second kappa shape index (κ2) is 27.6. The van der Waals surface area contributed by atoms with E-state index in [1.54, 1.807) is 0 Å². The topological polar surface area (TPSA) is 95.8 Å². The van der Waals surface area contributed by atoms with Crippen molar-refractivity contribution < 1.29 is 9.47 Å². The summed E-state index contributed by atoms with van der Waals surface area (Å²) in [5.41, 5.74) is 31.3. The molecule has 4 heterocycles.